The molecule has 0 radical (unpaired) electrons. The molecule has 0 unspecified atom stereocenters. The lowest BCUT2D eigenvalue weighted by Gasteiger charge is -2.47. The Morgan fingerprint density at radius 2 is 1.55 bits per heavy atom. The van der Waals surface area contributed by atoms with E-state index in [0.29, 0.717) is 31.5 Å². The van der Waals surface area contributed by atoms with Gasteiger partial charge in [0.25, 0.3) is 0 Å². The van der Waals surface area contributed by atoms with Gasteiger partial charge in [-0.15, -0.1) is 0 Å². The predicted molar refractivity (Wildman–Crippen MR) is 183 cm³/mol. The van der Waals surface area contributed by atoms with Crippen LogP contribution in [0.1, 0.15) is 85.1 Å². The smallest absolute Gasteiger partial charge is 0.318 e. The summed E-state index contributed by atoms with van der Waals surface area (Å²) in [5.74, 6) is 0.168. The molecular formula is C35H57N5O6S. The number of sulfone groups is 1. The molecule has 2 saturated heterocycles. The zero-order chi connectivity index (χ0) is 34.6. The van der Waals surface area contributed by atoms with E-state index in [4.69, 9.17) is 0 Å². The molecule has 47 heavy (non-hydrogen) atoms. The number of hydrogen-bond donors (Lipinski definition) is 4. The second-order valence-electron chi connectivity index (χ2n) is 15.6. The van der Waals surface area contributed by atoms with E-state index in [0.717, 1.165) is 50.3 Å². The number of benzene rings is 1. The van der Waals surface area contributed by atoms with E-state index in [1.807, 2.05) is 51.1 Å². The Balaban J connectivity index is 1.60. The number of piperidine rings is 1. The molecule has 264 valence electrons. The number of nitrogens with one attached hydrogen (secondary N) is 3. The maximum atomic E-state index is 14.1. The Hall–Kier alpha value is -2.70. The number of nitrogens with zero attached hydrogens (tertiary/aromatic N) is 2. The summed E-state index contributed by atoms with van der Waals surface area (Å²) in [4.78, 5) is 44.6. The van der Waals surface area contributed by atoms with Crippen LogP contribution in [0.25, 0.3) is 0 Å². The molecule has 6 atom stereocenters. The van der Waals surface area contributed by atoms with Gasteiger partial charge in [-0.1, -0.05) is 49.6 Å². The van der Waals surface area contributed by atoms with E-state index < -0.39 is 56.3 Å². The minimum absolute atomic E-state index is 0.0584. The number of β-amino-alcohol motifs (C(OH)–C–C–N with tert-alkyl or cyclic N) is 1. The van der Waals surface area contributed by atoms with Gasteiger partial charge in [-0.2, -0.15) is 0 Å². The van der Waals surface area contributed by atoms with Crippen LogP contribution in [0.15, 0.2) is 30.3 Å². The van der Waals surface area contributed by atoms with Gasteiger partial charge >= 0.3 is 6.03 Å². The molecule has 1 aliphatic carbocycles. The Morgan fingerprint density at radius 1 is 0.936 bits per heavy atom. The Morgan fingerprint density at radius 3 is 2.15 bits per heavy atom. The molecule has 4 rings (SSSR count). The third-order valence-corrected chi connectivity index (χ3v) is 12.5. The number of likely N-dealkylation sites (tertiary alicyclic amines) is 2. The molecule has 2 aliphatic heterocycles. The number of urea groups is 1. The minimum atomic E-state index is -3.81. The average molecular weight is 676 g/mol. The topological polar surface area (TPSA) is 148 Å². The second-order valence-corrected chi connectivity index (χ2v) is 18.2. The summed E-state index contributed by atoms with van der Waals surface area (Å²) in [5, 5.41) is 20.7. The molecule has 0 spiro atoms. The van der Waals surface area contributed by atoms with E-state index >= 15 is 0 Å². The average Bonchev–Trinajstić information content (AvgIpc) is 3.53. The van der Waals surface area contributed by atoms with E-state index in [9.17, 15) is 27.9 Å². The summed E-state index contributed by atoms with van der Waals surface area (Å²) >= 11 is 0. The number of fused-ring (bicyclic) bond motifs is 1. The summed E-state index contributed by atoms with van der Waals surface area (Å²) in [6.45, 7) is 10.7. The standard InChI is InChI=1S/C35H57N5O6S/c1-34(2,3)38-31(42)28-21-25-16-10-11-17-26(25)22-40(28)23-29(41)27(20-24-14-8-7-9-15-24)36-32(43)30(35(4,5)47(6,45)46)37-33(44)39-18-12-13-19-39/h7-9,14-15,25-30,41H,10-13,16-23H2,1-6H3,(H,36,43)(H,37,44)(H,38,42)/t25-,26+,27-,28-,29+,30+/m0/s1. The summed E-state index contributed by atoms with van der Waals surface area (Å²) in [7, 11) is -3.81. The molecule has 3 fully saturated rings. The maximum absolute atomic E-state index is 14.1. The number of carbonyl (C=O) groups excluding carboxylic acids is 3. The van der Waals surface area contributed by atoms with Crippen molar-refractivity contribution in [3.63, 3.8) is 0 Å². The minimum Gasteiger partial charge on any atom is -0.390 e. The first kappa shape index (κ1) is 37.1. The SMILES string of the molecule is CC(C)(C)NC(=O)[C@@H]1C[C@@H]2CCCC[C@@H]2CN1C[C@@H](O)[C@H](Cc1ccccc1)NC(=O)[C@@H](NC(=O)N1CCCC1)C(C)(C)S(C)(=O)=O. The third-order valence-electron chi connectivity index (χ3n) is 10.4. The van der Waals surface area contributed by atoms with Crippen LogP contribution in [0.2, 0.25) is 0 Å². The van der Waals surface area contributed by atoms with Gasteiger partial charge in [-0.25, -0.2) is 13.2 Å². The summed E-state index contributed by atoms with van der Waals surface area (Å²) in [6.07, 6.45) is 7.19. The van der Waals surface area contributed by atoms with Crippen LogP contribution < -0.4 is 16.0 Å². The van der Waals surface area contributed by atoms with Crippen LogP contribution in [0.5, 0.6) is 0 Å². The van der Waals surface area contributed by atoms with Gasteiger partial charge < -0.3 is 26.0 Å². The summed E-state index contributed by atoms with van der Waals surface area (Å²) in [6, 6.07) is 6.36. The maximum Gasteiger partial charge on any atom is 0.318 e. The van der Waals surface area contributed by atoms with Crippen molar-refractivity contribution in [2.75, 3.05) is 32.4 Å². The fraction of sp³-hybridized carbons (Fsp3) is 0.743. The molecule has 11 nitrogen and oxygen atoms in total. The molecular weight excluding hydrogens is 618 g/mol. The van der Waals surface area contributed by atoms with E-state index in [2.05, 4.69) is 20.9 Å². The van der Waals surface area contributed by atoms with Crippen LogP contribution in [0, 0.1) is 11.8 Å². The third kappa shape index (κ3) is 9.69. The molecule has 4 amide bonds. The van der Waals surface area contributed by atoms with Crippen LogP contribution >= 0.6 is 0 Å². The molecule has 12 heteroatoms. The first-order chi connectivity index (χ1) is 22.0. The molecule has 0 aromatic heterocycles. The van der Waals surface area contributed by atoms with Crippen molar-refractivity contribution in [2.24, 2.45) is 11.8 Å². The number of hydrogen-bond acceptors (Lipinski definition) is 7. The molecule has 1 aromatic carbocycles. The monoisotopic (exact) mass is 675 g/mol. The lowest BCUT2D eigenvalue weighted by atomic mass is 9.72. The van der Waals surface area contributed by atoms with Gasteiger partial charge in [-0.05, 0) is 84.1 Å². The van der Waals surface area contributed by atoms with Crippen LogP contribution in [-0.2, 0) is 25.8 Å². The van der Waals surface area contributed by atoms with Gasteiger partial charge in [-0.3, -0.25) is 14.5 Å². The van der Waals surface area contributed by atoms with E-state index in [1.54, 1.807) is 4.90 Å². The highest BCUT2D eigenvalue weighted by molar-refractivity contribution is 7.92. The van der Waals surface area contributed by atoms with Crippen LogP contribution in [0.4, 0.5) is 4.79 Å². The zero-order valence-corrected chi connectivity index (χ0v) is 29.9. The first-order valence-electron chi connectivity index (χ1n) is 17.3. The normalized spacial score (nSPS) is 24.5. The van der Waals surface area contributed by atoms with E-state index in [1.165, 1.54) is 20.3 Å². The van der Waals surface area contributed by atoms with Crippen molar-refractivity contribution in [3.05, 3.63) is 35.9 Å². The Bertz CT molecular complexity index is 1340. The number of amides is 4. The first-order valence-corrected chi connectivity index (χ1v) is 19.2. The van der Waals surface area contributed by atoms with Crippen molar-refractivity contribution in [1.29, 1.82) is 0 Å². The van der Waals surface area contributed by atoms with Crippen LogP contribution in [-0.4, -0.2) is 108 Å². The highest BCUT2D eigenvalue weighted by Crippen LogP contribution is 2.39. The Labute approximate surface area is 281 Å². The summed E-state index contributed by atoms with van der Waals surface area (Å²) < 4.78 is 24.3. The van der Waals surface area contributed by atoms with Gasteiger partial charge in [0.15, 0.2) is 9.84 Å². The molecule has 0 bridgehead atoms. The van der Waals surface area contributed by atoms with Gasteiger partial charge in [0.05, 0.1) is 22.9 Å². The van der Waals surface area contributed by atoms with Crippen molar-refractivity contribution >= 4 is 27.7 Å². The quantitative estimate of drug-likeness (QED) is 0.282. The number of aliphatic hydroxyl groups is 1. The second kappa shape index (κ2) is 15.2. The zero-order valence-electron chi connectivity index (χ0n) is 29.1. The molecule has 4 N–H and O–H groups in total. The fourth-order valence-corrected chi connectivity index (χ4v) is 7.91. The highest BCUT2D eigenvalue weighted by Gasteiger charge is 2.46. The van der Waals surface area contributed by atoms with Crippen molar-refractivity contribution in [3.8, 4) is 0 Å². The number of rotatable bonds is 11. The van der Waals surface area contributed by atoms with Crippen molar-refractivity contribution < 1.29 is 27.9 Å². The van der Waals surface area contributed by atoms with Gasteiger partial charge in [0.1, 0.15) is 6.04 Å². The summed E-state index contributed by atoms with van der Waals surface area (Å²) in [5.41, 5.74) is 0.472. The van der Waals surface area contributed by atoms with Gasteiger partial charge in [0.2, 0.25) is 11.8 Å². The Kier molecular flexibility index (Phi) is 12.0. The lowest BCUT2D eigenvalue weighted by molar-refractivity contribution is -0.133. The highest BCUT2D eigenvalue weighted by atomic mass is 32.2. The molecule has 1 aromatic rings. The molecule has 1 saturated carbocycles. The van der Waals surface area contributed by atoms with Crippen LogP contribution in [0.3, 0.4) is 0 Å². The molecule has 3 aliphatic rings. The number of aliphatic hydroxyl groups excluding tert-OH is 1. The largest absolute Gasteiger partial charge is 0.390 e. The molecule has 2 heterocycles. The van der Waals surface area contributed by atoms with Crippen molar-refractivity contribution in [1.82, 2.24) is 25.8 Å². The predicted octanol–water partition coefficient (Wildman–Crippen LogP) is 2.87. The van der Waals surface area contributed by atoms with Crippen molar-refractivity contribution in [2.45, 2.75) is 121 Å². The van der Waals surface area contributed by atoms with Gasteiger partial charge in [0, 0.05) is 38.0 Å². The fourth-order valence-electron chi connectivity index (χ4n) is 7.32. The lowest BCUT2D eigenvalue weighted by Crippen LogP contribution is -2.65. The number of carbonyl (C=O) groups is 3. The van der Waals surface area contributed by atoms with E-state index in [-0.39, 0.29) is 18.9 Å².